The molecule has 0 heterocycles. The largest absolute Gasteiger partial charge is 0.192 e. The second-order valence-electron chi connectivity index (χ2n) is 17.8. The van der Waals surface area contributed by atoms with Gasteiger partial charge in [0.15, 0.2) is 0 Å². The van der Waals surface area contributed by atoms with E-state index in [4.69, 9.17) is 0 Å². The van der Waals surface area contributed by atoms with Crippen LogP contribution in [-0.4, -0.2) is 0 Å². The van der Waals surface area contributed by atoms with Crippen LogP contribution in [0.25, 0.3) is 66.8 Å². The Balaban J connectivity index is 1.81. The van der Waals surface area contributed by atoms with E-state index in [1.54, 1.807) is 0 Å². The lowest BCUT2D eigenvalue weighted by atomic mass is 9.72. The number of nitrogens with zero attached hydrogens (tertiary/aromatic N) is 4. The van der Waals surface area contributed by atoms with Crippen LogP contribution >= 0.6 is 0 Å². The van der Waals surface area contributed by atoms with Crippen LogP contribution in [0.5, 0.6) is 0 Å². The van der Waals surface area contributed by atoms with Crippen molar-refractivity contribution in [3.8, 4) is 91.0 Å². The summed E-state index contributed by atoms with van der Waals surface area (Å²) < 4.78 is 0. The third-order valence-electron chi connectivity index (χ3n) is 10.6. The summed E-state index contributed by atoms with van der Waals surface area (Å²) in [4.78, 5) is 0. The molecule has 0 spiro atoms. The zero-order valence-electron chi connectivity index (χ0n) is 35.1. The van der Waals surface area contributed by atoms with Crippen LogP contribution in [0.4, 0.5) is 0 Å². The Labute approximate surface area is 354 Å². The third-order valence-corrected chi connectivity index (χ3v) is 10.6. The summed E-state index contributed by atoms with van der Waals surface area (Å²) in [6, 6.07) is 58.0. The molecule has 0 aliphatic rings. The smallest absolute Gasteiger partial charge is 0.0998 e. The first-order valence-electron chi connectivity index (χ1n) is 20.2. The summed E-state index contributed by atoms with van der Waals surface area (Å²) in [6.07, 6.45) is 1.58. The normalized spacial score (nSPS) is 11.2. The van der Waals surface area contributed by atoms with Gasteiger partial charge in [0.25, 0.3) is 0 Å². The van der Waals surface area contributed by atoms with Gasteiger partial charge in [-0.1, -0.05) is 151 Å². The van der Waals surface area contributed by atoms with Crippen molar-refractivity contribution in [1.29, 1.82) is 21.0 Å². The molecular formula is C56H46N4. The van der Waals surface area contributed by atoms with Crippen molar-refractivity contribution >= 4 is 0 Å². The SMILES string of the molecule is CC(C)(C)Cc1ccc(-c2c(-c3ccccc3)c(-c3ccc(C#N)cc3)c(-c3ccc(C#N)cc3)c(-c3ccccc3)c2-c2ccc(CC(C)(C)C)cc2C#N)c(C#N)c1. The molecule has 60 heavy (non-hydrogen) atoms. The van der Waals surface area contributed by atoms with Crippen LogP contribution in [0, 0.1) is 56.2 Å². The summed E-state index contributed by atoms with van der Waals surface area (Å²) >= 11 is 0. The molecular weight excluding hydrogens is 729 g/mol. The minimum Gasteiger partial charge on any atom is -0.192 e. The van der Waals surface area contributed by atoms with E-state index in [0.29, 0.717) is 22.3 Å². The Morgan fingerprint density at radius 3 is 0.967 bits per heavy atom. The van der Waals surface area contributed by atoms with Gasteiger partial charge < -0.3 is 0 Å². The molecule has 0 fully saturated rings. The topological polar surface area (TPSA) is 95.2 Å². The van der Waals surface area contributed by atoms with Gasteiger partial charge in [-0.05, 0) is 127 Å². The van der Waals surface area contributed by atoms with Gasteiger partial charge in [0.1, 0.15) is 0 Å². The number of nitriles is 4. The zero-order chi connectivity index (χ0) is 42.6. The maximum absolute atomic E-state index is 11.1. The number of rotatable bonds is 8. The molecule has 0 aliphatic carbocycles. The van der Waals surface area contributed by atoms with E-state index in [2.05, 4.69) is 114 Å². The quantitative estimate of drug-likeness (QED) is 0.154. The van der Waals surface area contributed by atoms with Crippen molar-refractivity contribution < 1.29 is 0 Å². The molecule has 0 bridgehead atoms. The summed E-state index contributed by atoms with van der Waals surface area (Å²) in [5.41, 5.74) is 14.6. The van der Waals surface area contributed by atoms with E-state index in [0.717, 1.165) is 90.7 Å². The standard InChI is InChI=1S/C56H46N4/c1-55(2,3)31-39-21-27-47(45(29-39)35-59)53-51(41-13-9-7-10-14-41)49(43-23-17-37(33-57)18-24-43)50(44-25-19-38(34-58)20-26-44)52(42-15-11-8-12-16-42)54(53)48-28-22-40(30-46(48)36-60)32-56(4,5)6/h7-30H,31-32H2,1-6H3. The van der Waals surface area contributed by atoms with Gasteiger partial charge in [0.05, 0.1) is 46.5 Å². The van der Waals surface area contributed by atoms with Crippen molar-refractivity contribution in [2.75, 3.05) is 0 Å². The Morgan fingerprint density at radius 1 is 0.350 bits per heavy atom. The number of hydrogen-bond donors (Lipinski definition) is 0. The van der Waals surface area contributed by atoms with E-state index in [9.17, 15) is 21.0 Å². The van der Waals surface area contributed by atoms with E-state index in [1.807, 2.05) is 97.1 Å². The predicted octanol–water partition coefficient (Wildman–Crippen LogP) is 14.4. The zero-order valence-corrected chi connectivity index (χ0v) is 35.1. The lowest BCUT2D eigenvalue weighted by Gasteiger charge is -2.30. The molecule has 0 aliphatic heterocycles. The minimum absolute atomic E-state index is 0.00290. The second kappa shape index (κ2) is 16.8. The Kier molecular flexibility index (Phi) is 11.4. The van der Waals surface area contributed by atoms with Crippen molar-refractivity contribution in [3.63, 3.8) is 0 Å². The average Bonchev–Trinajstić information content (AvgIpc) is 3.25. The number of benzene rings is 7. The first-order valence-corrected chi connectivity index (χ1v) is 20.2. The molecule has 0 saturated carbocycles. The molecule has 290 valence electrons. The van der Waals surface area contributed by atoms with Gasteiger partial charge in [-0.3, -0.25) is 0 Å². The van der Waals surface area contributed by atoms with Gasteiger partial charge in [0.2, 0.25) is 0 Å². The van der Waals surface area contributed by atoms with Crippen LogP contribution in [0.2, 0.25) is 0 Å². The maximum atomic E-state index is 11.1. The fourth-order valence-electron chi connectivity index (χ4n) is 8.32. The van der Waals surface area contributed by atoms with Crippen molar-refractivity contribution in [3.05, 3.63) is 179 Å². The lowest BCUT2D eigenvalue weighted by Crippen LogP contribution is -2.10. The average molecular weight is 775 g/mol. The summed E-state index contributed by atoms with van der Waals surface area (Å²) in [6.45, 7) is 13.2. The molecule has 4 heteroatoms. The lowest BCUT2D eigenvalue weighted by molar-refractivity contribution is 0.411. The molecule has 0 aromatic heterocycles. The highest BCUT2D eigenvalue weighted by atomic mass is 14.4. The summed E-state index contributed by atoms with van der Waals surface area (Å²) in [5, 5.41) is 42.1. The van der Waals surface area contributed by atoms with E-state index in [1.165, 1.54) is 0 Å². The maximum Gasteiger partial charge on any atom is 0.0998 e. The summed E-state index contributed by atoms with van der Waals surface area (Å²) in [7, 11) is 0. The van der Waals surface area contributed by atoms with Gasteiger partial charge >= 0.3 is 0 Å². The second-order valence-corrected chi connectivity index (χ2v) is 17.8. The van der Waals surface area contributed by atoms with Gasteiger partial charge in [-0.25, -0.2) is 0 Å². The highest BCUT2D eigenvalue weighted by Gasteiger charge is 2.31. The van der Waals surface area contributed by atoms with Gasteiger partial charge in [-0.15, -0.1) is 0 Å². The fourth-order valence-corrected chi connectivity index (χ4v) is 8.32. The first kappa shape index (κ1) is 40.7. The molecule has 4 nitrogen and oxygen atoms in total. The fraction of sp³-hybridized carbons (Fsp3) is 0.179. The highest BCUT2D eigenvalue weighted by Crippen LogP contribution is 2.57. The van der Waals surface area contributed by atoms with Crippen molar-refractivity contribution in [1.82, 2.24) is 0 Å². The summed E-state index contributed by atoms with van der Waals surface area (Å²) in [5.74, 6) is 0. The number of hydrogen-bond acceptors (Lipinski definition) is 4. The molecule has 0 amide bonds. The Morgan fingerprint density at radius 2 is 0.667 bits per heavy atom. The van der Waals surface area contributed by atoms with Crippen LogP contribution in [0.1, 0.15) is 74.9 Å². The molecule has 7 aromatic rings. The Bertz CT molecular complexity index is 2680. The van der Waals surface area contributed by atoms with Crippen molar-refractivity contribution in [2.24, 2.45) is 10.8 Å². The van der Waals surface area contributed by atoms with E-state index >= 15 is 0 Å². The van der Waals surface area contributed by atoms with Crippen LogP contribution in [-0.2, 0) is 12.8 Å². The van der Waals surface area contributed by atoms with Crippen LogP contribution < -0.4 is 0 Å². The first-order chi connectivity index (χ1) is 28.8. The molecule has 0 radical (unpaired) electrons. The molecule has 7 aromatic carbocycles. The molecule has 7 rings (SSSR count). The highest BCUT2D eigenvalue weighted by molar-refractivity contribution is 6.16. The molecule has 0 atom stereocenters. The Hall–Kier alpha value is -7.50. The van der Waals surface area contributed by atoms with Gasteiger partial charge in [-0.2, -0.15) is 21.0 Å². The predicted molar refractivity (Wildman–Crippen MR) is 244 cm³/mol. The van der Waals surface area contributed by atoms with E-state index in [-0.39, 0.29) is 10.8 Å². The van der Waals surface area contributed by atoms with Crippen LogP contribution in [0.15, 0.2) is 146 Å². The van der Waals surface area contributed by atoms with E-state index < -0.39 is 0 Å². The molecule has 0 saturated heterocycles. The molecule has 0 unspecified atom stereocenters. The van der Waals surface area contributed by atoms with Gasteiger partial charge in [0, 0.05) is 11.1 Å². The third kappa shape index (κ3) is 8.52. The van der Waals surface area contributed by atoms with Crippen molar-refractivity contribution in [2.45, 2.75) is 54.4 Å². The monoisotopic (exact) mass is 774 g/mol. The van der Waals surface area contributed by atoms with Crippen LogP contribution in [0.3, 0.4) is 0 Å². The minimum atomic E-state index is -0.00290. The molecule has 0 N–H and O–H groups in total.